The molecule has 1 aliphatic heterocycles. The molecule has 3 fully saturated rings. The Kier molecular flexibility index (Phi) is 2.08. The zero-order valence-electron chi connectivity index (χ0n) is 8.47. The number of fused-ring (bicyclic) bond motifs is 2. The first-order chi connectivity index (χ1) is 6.42. The molecule has 74 valence electrons. The lowest BCUT2D eigenvalue weighted by molar-refractivity contribution is 0.287. The molecule has 13 heavy (non-hydrogen) atoms. The molecule has 2 saturated carbocycles. The van der Waals surface area contributed by atoms with Crippen LogP contribution in [0.15, 0.2) is 0 Å². The van der Waals surface area contributed by atoms with Crippen molar-refractivity contribution in [3.05, 3.63) is 0 Å². The summed E-state index contributed by atoms with van der Waals surface area (Å²) >= 11 is 0. The second-order valence-electron chi connectivity index (χ2n) is 5.46. The van der Waals surface area contributed by atoms with Crippen molar-refractivity contribution in [1.29, 1.82) is 0 Å². The summed E-state index contributed by atoms with van der Waals surface area (Å²) in [4.78, 5) is 0. The summed E-state index contributed by atoms with van der Waals surface area (Å²) in [6, 6.07) is 0.893. The highest BCUT2D eigenvalue weighted by Crippen LogP contribution is 2.50. The average molecular weight is 179 g/mol. The summed E-state index contributed by atoms with van der Waals surface area (Å²) in [7, 11) is 0. The second-order valence-corrected chi connectivity index (χ2v) is 5.46. The molecular weight excluding hydrogens is 158 g/mol. The molecule has 0 aromatic carbocycles. The molecule has 3 aliphatic rings. The van der Waals surface area contributed by atoms with E-state index in [9.17, 15) is 0 Å². The normalized spacial score (nSPS) is 48.9. The van der Waals surface area contributed by atoms with Gasteiger partial charge in [-0.3, -0.25) is 0 Å². The molecule has 1 nitrogen and oxygen atoms in total. The van der Waals surface area contributed by atoms with Crippen LogP contribution >= 0.6 is 0 Å². The second kappa shape index (κ2) is 3.27. The largest absolute Gasteiger partial charge is 0.314 e. The van der Waals surface area contributed by atoms with Gasteiger partial charge in [-0.05, 0) is 62.8 Å². The van der Waals surface area contributed by atoms with Crippen LogP contribution in [0.5, 0.6) is 0 Å². The minimum atomic E-state index is 0.893. The average Bonchev–Trinajstić information content (AvgIpc) is 2.77. The van der Waals surface area contributed by atoms with E-state index in [0.29, 0.717) is 0 Å². The summed E-state index contributed by atoms with van der Waals surface area (Å²) < 4.78 is 0. The van der Waals surface area contributed by atoms with Crippen molar-refractivity contribution in [2.75, 3.05) is 6.54 Å². The Hall–Kier alpha value is -0.0400. The summed E-state index contributed by atoms with van der Waals surface area (Å²) in [5.41, 5.74) is 0. The maximum atomic E-state index is 3.64. The van der Waals surface area contributed by atoms with E-state index in [1.165, 1.54) is 25.8 Å². The van der Waals surface area contributed by atoms with Crippen molar-refractivity contribution >= 4 is 0 Å². The van der Waals surface area contributed by atoms with Crippen molar-refractivity contribution in [1.82, 2.24) is 5.32 Å². The lowest BCUT2D eigenvalue weighted by Crippen LogP contribution is -2.26. The fourth-order valence-corrected chi connectivity index (χ4v) is 3.99. The Balaban J connectivity index is 1.55. The molecule has 0 unspecified atom stereocenters. The van der Waals surface area contributed by atoms with E-state index in [1.54, 1.807) is 25.7 Å². The molecule has 1 heterocycles. The molecular formula is C12H21N. The zero-order valence-corrected chi connectivity index (χ0v) is 8.47. The van der Waals surface area contributed by atoms with E-state index in [2.05, 4.69) is 5.32 Å². The van der Waals surface area contributed by atoms with E-state index < -0.39 is 0 Å². The summed E-state index contributed by atoms with van der Waals surface area (Å²) in [6.07, 6.45) is 10.6. The van der Waals surface area contributed by atoms with Crippen LogP contribution in [0, 0.1) is 17.8 Å². The number of hydrogen-bond donors (Lipinski definition) is 1. The van der Waals surface area contributed by atoms with Gasteiger partial charge in [-0.1, -0.05) is 6.42 Å². The third-order valence-electron chi connectivity index (χ3n) is 4.63. The molecule has 3 rings (SSSR count). The third kappa shape index (κ3) is 1.52. The van der Waals surface area contributed by atoms with Gasteiger partial charge in [0.05, 0.1) is 0 Å². The molecule has 2 bridgehead atoms. The third-order valence-corrected chi connectivity index (χ3v) is 4.63. The van der Waals surface area contributed by atoms with Crippen molar-refractivity contribution < 1.29 is 0 Å². The number of nitrogens with one attached hydrogen (secondary N) is 1. The van der Waals surface area contributed by atoms with Crippen LogP contribution in [0.25, 0.3) is 0 Å². The van der Waals surface area contributed by atoms with Crippen LogP contribution in [0.1, 0.15) is 44.9 Å². The van der Waals surface area contributed by atoms with Gasteiger partial charge in [0.2, 0.25) is 0 Å². The highest BCUT2D eigenvalue weighted by molar-refractivity contribution is 4.92. The van der Waals surface area contributed by atoms with Gasteiger partial charge in [0.25, 0.3) is 0 Å². The molecule has 0 amide bonds. The van der Waals surface area contributed by atoms with Crippen LogP contribution in [0.3, 0.4) is 0 Å². The quantitative estimate of drug-likeness (QED) is 0.687. The zero-order chi connectivity index (χ0) is 8.67. The highest BCUT2D eigenvalue weighted by Gasteiger charge is 2.40. The van der Waals surface area contributed by atoms with Gasteiger partial charge in [-0.2, -0.15) is 0 Å². The van der Waals surface area contributed by atoms with Gasteiger partial charge in [-0.25, -0.2) is 0 Å². The van der Waals surface area contributed by atoms with Crippen LogP contribution in [-0.4, -0.2) is 12.6 Å². The smallest absolute Gasteiger partial charge is 0.00702 e. The molecule has 0 aromatic rings. The van der Waals surface area contributed by atoms with Gasteiger partial charge in [-0.15, -0.1) is 0 Å². The fourth-order valence-electron chi connectivity index (χ4n) is 3.99. The Morgan fingerprint density at radius 2 is 2.08 bits per heavy atom. The predicted molar refractivity (Wildman–Crippen MR) is 54.6 cm³/mol. The SMILES string of the molecule is C1CN[C@H](C[C@@H]2C[C@H]3CC[C@H]2C3)C1. The lowest BCUT2D eigenvalue weighted by Gasteiger charge is -2.24. The van der Waals surface area contributed by atoms with E-state index in [0.717, 1.165) is 23.8 Å². The molecule has 2 aliphatic carbocycles. The van der Waals surface area contributed by atoms with Crippen molar-refractivity contribution in [3.63, 3.8) is 0 Å². The summed E-state index contributed by atoms with van der Waals surface area (Å²) in [6.45, 7) is 1.28. The minimum Gasteiger partial charge on any atom is -0.314 e. The van der Waals surface area contributed by atoms with Gasteiger partial charge in [0.15, 0.2) is 0 Å². The fraction of sp³-hybridized carbons (Fsp3) is 1.00. The molecule has 1 saturated heterocycles. The van der Waals surface area contributed by atoms with E-state index in [1.807, 2.05) is 0 Å². The van der Waals surface area contributed by atoms with Crippen LogP contribution in [0.4, 0.5) is 0 Å². The maximum Gasteiger partial charge on any atom is 0.00702 e. The van der Waals surface area contributed by atoms with Crippen LogP contribution in [0.2, 0.25) is 0 Å². The first kappa shape index (κ1) is 8.28. The lowest BCUT2D eigenvalue weighted by atomic mass is 9.84. The Labute approximate surface area is 81.3 Å². The van der Waals surface area contributed by atoms with Crippen molar-refractivity contribution in [2.24, 2.45) is 17.8 Å². The van der Waals surface area contributed by atoms with Crippen molar-refractivity contribution in [2.45, 2.75) is 51.0 Å². The van der Waals surface area contributed by atoms with Gasteiger partial charge >= 0.3 is 0 Å². The molecule has 1 N–H and O–H groups in total. The van der Waals surface area contributed by atoms with E-state index >= 15 is 0 Å². The van der Waals surface area contributed by atoms with Crippen LogP contribution < -0.4 is 5.32 Å². The molecule has 4 atom stereocenters. The number of hydrogen-bond acceptors (Lipinski definition) is 1. The van der Waals surface area contributed by atoms with Crippen LogP contribution in [-0.2, 0) is 0 Å². The monoisotopic (exact) mass is 179 g/mol. The van der Waals surface area contributed by atoms with Gasteiger partial charge in [0, 0.05) is 6.04 Å². The van der Waals surface area contributed by atoms with E-state index in [-0.39, 0.29) is 0 Å². The molecule has 0 aromatic heterocycles. The Bertz CT molecular complexity index is 184. The Morgan fingerprint density at radius 1 is 1.08 bits per heavy atom. The van der Waals surface area contributed by atoms with Crippen molar-refractivity contribution in [3.8, 4) is 0 Å². The summed E-state index contributed by atoms with van der Waals surface area (Å²) in [5, 5.41) is 3.64. The number of rotatable bonds is 2. The topological polar surface area (TPSA) is 12.0 Å². The first-order valence-electron chi connectivity index (χ1n) is 6.15. The maximum absolute atomic E-state index is 3.64. The first-order valence-corrected chi connectivity index (χ1v) is 6.15. The minimum absolute atomic E-state index is 0.893. The Morgan fingerprint density at radius 3 is 2.69 bits per heavy atom. The van der Waals surface area contributed by atoms with Gasteiger partial charge in [0.1, 0.15) is 0 Å². The van der Waals surface area contributed by atoms with E-state index in [4.69, 9.17) is 0 Å². The predicted octanol–water partition coefficient (Wildman–Crippen LogP) is 2.56. The molecule has 0 radical (unpaired) electrons. The summed E-state index contributed by atoms with van der Waals surface area (Å²) in [5.74, 6) is 3.37. The van der Waals surface area contributed by atoms with Gasteiger partial charge < -0.3 is 5.32 Å². The molecule has 0 spiro atoms. The molecule has 1 heteroatoms. The highest BCUT2D eigenvalue weighted by atomic mass is 14.9. The standard InChI is InChI=1S/C12H21N/c1-2-12(13-5-1)8-11-7-9-3-4-10(11)6-9/h9-13H,1-8H2/t9-,10-,11-,12-/m0/s1.